The van der Waals surface area contributed by atoms with Gasteiger partial charge in [-0.3, -0.25) is 4.79 Å². The number of carbonyl (C=O) groups is 1. The fourth-order valence-corrected chi connectivity index (χ4v) is 1.93. The molecule has 104 valence electrons. The minimum Gasteiger partial charge on any atom is -0.497 e. The lowest BCUT2D eigenvalue weighted by Crippen LogP contribution is -2.08. The molecule has 0 bridgehead atoms. The Morgan fingerprint density at radius 1 is 1.05 bits per heavy atom. The first-order valence-corrected chi connectivity index (χ1v) is 6.51. The fraction of sp³-hybridized carbons (Fsp3) is 0.235. The summed E-state index contributed by atoms with van der Waals surface area (Å²) in [5.41, 5.74) is 3.07. The van der Waals surface area contributed by atoms with E-state index in [4.69, 9.17) is 9.47 Å². The van der Waals surface area contributed by atoms with Crippen molar-refractivity contribution in [3.8, 4) is 5.75 Å². The average Bonchev–Trinajstić information content (AvgIpc) is 2.46. The van der Waals surface area contributed by atoms with Crippen LogP contribution in [0.1, 0.15) is 16.7 Å². The third-order valence-corrected chi connectivity index (χ3v) is 2.99. The molecule has 2 aromatic carbocycles. The molecule has 0 aliphatic carbocycles. The monoisotopic (exact) mass is 270 g/mol. The van der Waals surface area contributed by atoms with Gasteiger partial charge in [-0.2, -0.15) is 0 Å². The zero-order valence-corrected chi connectivity index (χ0v) is 11.8. The molecule has 0 aromatic heterocycles. The van der Waals surface area contributed by atoms with Gasteiger partial charge in [-0.25, -0.2) is 0 Å². The molecule has 0 radical (unpaired) electrons. The van der Waals surface area contributed by atoms with Crippen molar-refractivity contribution >= 4 is 5.97 Å². The lowest BCUT2D eigenvalue weighted by Gasteiger charge is -2.06. The first kappa shape index (κ1) is 14.1. The van der Waals surface area contributed by atoms with Gasteiger partial charge in [0.1, 0.15) is 12.4 Å². The number of methoxy groups -OCH3 is 1. The Morgan fingerprint density at radius 2 is 1.80 bits per heavy atom. The van der Waals surface area contributed by atoms with Crippen molar-refractivity contribution < 1.29 is 14.3 Å². The second kappa shape index (κ2) is 6.75. The van der Waals surface area contributed by atoms with Crippen molar-refractivity contribution in [2.24, 2.45) is 0 Å². The van der Waals surface area contributed by atoms with Gasteiger partial charge in [-0.05, 0) is 30.2 Å². The van der Waals surface area contributed by atoms with Gasteiger partial charge in [0.25, 0.3) is 0 Å². The van der Waals surface area contributed by atoms with Crippen LogP contribution in [0.2, 0.25) is 0 Å². The first-order valence-electron chi connectivity index (χ1n) is 6.51. The largest absolute Gasteiger partial charge is 0.497 e. The quantitative estimate of drug-likeness (QED) is 0.782. The lowest BCUT2D eigenvalue weighted by molar-refractivity contribution is -0.144. The lowest BCUT2D eigenvalue weighted by atomic mass is 10.1. The molecule has 0 heterocycles. The van der Waals surface area contributed by atoms with Gasteiger partial charge in [0.05, 0.1) is 13.5 Å². The van der Waals surface area contributed by atoms with Crippen molar-refractivity contribution in [3.63, 3.8) is 0 Å². The van der Waals surface area contributed by atoms with Crippen LogP contribution in [0, 0.1) is 6.92 Å². The molecule has 0 aliphatic rings. The summed E-state index contributed by atoms with van der Waals surface area (Å²) < 4.78 is 10.3. The Labute approximate surface area is 119 Å². The highest BCUT2D eigenvalue weighted by atomic mass is 16.5. The van der Waals surface area contributed by atoms with Crippen LogP contribution in [0.5, 0.6) is 5.75 Å². The highest BCUT2D eigenvalue weighted by Gasteiger charge is 2.05. The number of esters is 1. The molecule has 0 aliphatic heterocycles. The predicted molar refractivity (Wildman–Crippen MR) is 77.7 cm³/mol. The van der Waals surface area contributed by atoms with Crippen LogP contribution in [0.15, 0.2) is 48.5 Å². The van der Waals surface area contributed by atoms with E-state index in [1.54, 1.807) is 7.11 Å². The van der Waals surface area contributed by atoms with Crippen molar-refractivity contribution in [2.75, 3.05) is 7.11 Å². The van der Waals surface area contributed by atoms with Gasteiger partial charge in [0.15, 0.2) is 0 Å². The van der Waals surface area contributed by atoms with Crippen LogP contribution < -0.4 is 4.74 Å². The summed E-state index contributed by atoms with van der Waals surface area (Å²) in [5.74, 6) is 0.575. The zero-order valence-electron chi connectivity index (χ0n) is 11.8. The van der Waals surface area contributed by atoms with E-state index in [1.807, 2.05) is 55.5 Å². The van der Waals surface area contributed by atoms with E-state index >= 15 is 0 Å². The molecule has 0 saturated heterocycles. The van der Waals surface area contributed by atoms with Crippen LogP contribution in [0.4, 0.5) is 0 Å². The molecule has 2 aromatic rings. The molecule has 0 saturated carbocycles. The maximum atomic E-state index is 11.8. The zero-order chi connectivity index (χ0) is 14.4. The average molecular weight is 270 g/mol. The number of hydrogen-bond acceptors (Lipinski definition) is 3. The second-order valence-electron chi connectivity index (χ2n) is 4.67. The van der Waals surface area contributed by atoms with Crippen molar-refractivity contribution in [3.05, 3.63) is 65.2 Å². The molecule has 3 heteroatoms. The van der Waals surface area contributed by atoms with Crippen LogP contribution in [-0.2, 0) is 22.6 Å². The highest BCUT2D eigenvalue weighted by molar-refractivity contribution is 5.72. The summed E-state index contributed by atoms with van der Waals surface area (Å²) in [7, 11) is 1.62. The molecule has 0 unspecified atom stereocenters. The van der Waals surface area contributed by atoms with Gasteiger partial charge < -0.3 is 9.47 Å². The smallest absolute Gasteiger partial charge is 0.310 e. The Hall–Kier alpha value is -2.29. The van der Waals surface area contributed by atoms with Crippen LogP contribution in [-0.4, -0.2) is 13.1 Å². The first-order chi connectivity index (χ1) is 9.67. The SMILES string of the molecule is COc1ccc(COC(=O)Cc2cccc(C)c2)cc1. The maximum Gasteiger partial charge on any atom is 0.310 e. The Kier molecular flexibility index (Phi) is 4.77. The molecule has 0 atom stereocenters. The molecule has 3 nitrogen and oxygen atoms in total. The Balaban J connectivity index is 1.85. The number of ether oxygens (including phenoxy) is 2. The van der Waals surface area contributed by atoms with Gasteiger partial charge >= 0.3 is 5.97 Å². The summed E-state index contributed by atoms with van der Waals surface area (Å²) in [4.78, 5) is 11.8. The van der Waals surface area contributed by atoms with Crippen molar-refractivity contribution in [1.29, 1.82) is 0 Å². The summed E-state index contributed by atoms with van der Waals surface area (Å²) in [6.45, 7) is 2.29. The van der Waals surface area contributed by atoms with E-state index in [0.29, 0.717) is 6.42 Å². The number of hydrogen-bond donors (Lipinski definition) is 0. The second-order valence-corrected chi connectivity index (χ2v) is 4.67. The summed E-state index contributed by atoms with van der Waals surface area (Å²) >= 11 is 0. The van der Waals surface area contributed by atoms with Crippen LogP contribution >= 0.6 is 0 Å². The molecule has 0 amide bonds. The van der Waals surface area contributed by atoms with Gasteiger partial charge in [0, 0.05) is 0 Å². The normalized spacial score (nSPS) is 10.1. The molecule has 0 spiro atoms. The van der Waals surface area contributed by atoms with Gasteiger partial charge in [-0.15, -0.1) is 0 Å². The third kappa shape index (κ3) is 4.12. The van der Waals surface area contributed by atoms with E-state index in [2.05, 4.69) is 0 Å². The van der Waals surface area contributed by atoms with E-state index in [9.17, 15) is 4.79 Å². The number of carbonyl (C=O) groups excluding carboxylic acids is 1. The molecule has 0 fully saturated rings. The summed E-state index contributed by atoms with van der Waals surface area (Å²) in [6.07, 6.45) is 0.303. The van der Waals surface area contributed by atoms with Crippen molar-refractivity contribution in [2.45, 2.75) is 20.0 Å². The molecular weight excluding hydrogens is 252 g/mol. The minimum absolute atomic E-state index is 0.216. The number of benzene rings is 2. The standard InChI is InChI=1S/C17H18O3/c1-13-4-3-5-15(10-13)11-17(18)20-12-14-6-8-16(19-2)9-7-14/h3-10H,11-12H2,1-2H3. The molecule has 20 heavy (non-hydrogen) atoms. The van der Waals surface area contributed by atoms with Gasteiger partial charge in [0.2, 0.25) is 0 Å². The maximum absolute atomic E-state index is 11.8. The molecule has 2 rings (SSSR count). The number of rotatable bonds is 5. The Morgan fingerprint density at radius 3 is 2.45 bits per heavy atom. The van der Waals surface area contributed by atoms with Crippen LogP contribution in [0.3, 0.4) is 0 Å². The van der Waals surface area contributed by atoms with E-state index in [1.165, 1.54) is 0 Å². The fourth-order valence-electron chi connectivity index (χ4n) is 1.93. The number of aryl methyl sites for hydroxylation is 1. The summed E-state index contributed by atoms with van der Waals surface area (Å²) in [5, 5.41) is 0. The highest BCUT2D eigenvalue weighted by Crippen LogP contribution is 2.12. The van der Waals surface area contributed by atoms with Gasteiger partial charge in [-0.1, -0.05) is 42.0 Å². The minimum atomic E-state index is -0.216. The van der Waals surface area contributed by atoms with Crippen LogP contribution in [0.25, 0.3) is 0 Å². The van der Waals surface area contributed by atoms with Crippen molar-refractivity contribution in [1.82, 2.24) is 0 Å². The topological polar surface area (TPSA) is 35.5 Å². The third-order valence-electron chi connectivity index (χ3n) is 2.99. The molecule has 0 N–H and O–H groups in total. The van der Waals surface area contributed by atoms with E-state index < -0.39 is 0 Å². The Bertz CT molecular complexity index is 573. The summed E-state index contributed by atoms with van der Waals surface area (Å²) in [6, 6.07) is 15.4. The van der Waals surface area contributed by atoms with E-state index in [-0.39, 0.29) is 12.6 Å². The molecular formula is C17H18O3. The predicted octanol–water partition coefficient (Wildman–Crippen LogP) is 3.29. The van der Waals surface area contributed by atoms with E-state index in [0.717, 1.165) is 22.4 Å².